The number of aliphatic hydroxyl groups excluding tert-OH is 3. The van der Waals surface area contributed by atoms with Crippen molar-refractivity contribution >= 4 is 34.5 Å². The highest BCUT2D eigenvalue weighted by Gasteiger charge is 2.44. The molecule has 0 bridgehead atoms. The molecule has 1 aliphatic heterocycles. The maximum Gasteiger partial charge on any atom is 0.304 e. The van der Waals surface area contributed by atoms with Crippen LogP contribution in [0.25, 0.3) is 11.2 Å². The Labute approximate surface area is 133 Å². The van der Waals surface area contributed by atoms with Gasteiger partial charge in [-0.15, -0.1) is 5.10 Å². The fourth-order valence-electron chi connectivity index (χ4n) is 2.41. The van der Waals surface area contributed by atoms with Crippen molar-refractivity contribution in [2.24, 2.45) is 5.10 Å². The highest BCUT2D eigenvalue weighted by atomic mass is 32.1. The minimum absolute atomic E-state index is 0.0400. The molecule has 12 heteroatoms. The second-order valence-electron chi connectivity index (χ2n) is 4.83. The van der Waals surface area contributed by atoms with Crippen LogP contribution in [0.3, 0.4) is 0 Å². The number of aromatic nitrogens is 4. The van der Waals surface area contributed by atoms with Gasteiger partial charge in [0, 0.05) is 0 Å². The van der Waals surface area contributed by atoms with Crippen molar-refractivity contribution in [1.29, 1.82) is 0 Å². The molecule has 4 atom stereocenters. The number of imidazole rings is 1. The first-order chi connectivity index (χ1) is 11.0. The van der Waals surface area contributed by atoms with Crippen molar-refractivity contribution in [3.8, 4) is 0 Å². The van der Waals surface area contributed by atoms with Crippen LogP contribution in [0.4, 0.5) is 5.95 Å². The molecule has 0 radical (unpaired) electrons. The molecule has 5 N–H and O–H groups in total. The second-order valence-corrected chi connectivity index (χ2v) is 5.01. The maximum atomic E-state index is 12.2. The first-order valence-electron chi connectivity index (χ1n) is 6.45. The summed E-state index contributed by atoms with van der Waals surface area (Å²) in [5.74, 6) is -0.256. The Morgan fingerprint density at radius 1 is 1.48 bits per heavy atom. The lowest BCUT2D eigenvalue weighted by molar-refractivity contribution is -0.0511. The molecular weight excluding hydrogens is 328 g/mol. The Bertz CT molecular complexity index is 858. The molecule has 3 heterocycles. The van der Waals surface area contributed by atoms with Gasteiger partial charge < -0.3 is 25.8 Å². The minimum atomic E-state index is -1.34. The molecule has 2 aromatic rings. The van der Waals surface area contributed by atoms with Crippen LogP contribution in [-0.4, -0.2) is 64.6 Å². The van der Waals surface area contributed by atoms with Crippen LogP contribution in [0.5, 0.6) is 0 Å². The molecule has 3 rings (SSSR count). The van der Waals surface area contributed by atoms with E-state index in [0.29, 0.717) is 0 Å². The average molecular weight is 340 g/mol. The molecule has 0 saturated carbocycles. The van der Waals surface area contributed by atoms with Crippen molar-refractivity contribution in [2.45, 2.75) is 24.5 Å². The van der Waals surface area contributed by atoms with Crippen molar-refractivity contribution in [3.63, 3.8) is 0 Å². The van der Waals surface area contributed by atoms with E-state index in [0.717, 1.165) is 4.68 Å². The lowest BCUT2D eigenvalue weighted by Gasteiger charge is -2.16. The number of isothiocyanates is 1. The molecule has 11 nitrogen and oxygen atoms in total. The number of nitrogen functional groups attached to an aromatic ring is 1. The molecule has 0 amide bonds. The van der Waals surface area contributed by atoms with Crippen molar-refractivity contribution in [2.75, 3.05) is 12.3 Å². The summed E-state index contributed by atoms with van der Waals surface area (Å²) in [7, 11) is 0. The van der Waals surface area contributed by atoms with Crippen LogP contribution in [0.1, 0.15) is 6.23 Å². The number of rotatable bonds is 3. The van der Waals surface area contributed by atoms with Crippen molar-refractivity contribution < 1.29 is 20.1 Å². The van der Waals surface area contributed by atoms with Crippen LogP contribution in [0, 0.1) is 0 Å². The van der Waals surface area contributed by atoms with Crippen LogP contribution in [-0.2, 0) is 4.74 Å². The summed E-state index contributed by atoms with van der Waals surface area (Å²) >= 11 is 4.43. The molecule has 23 heavy (non-hydrogen) atoms. The number of nitrogens with zero attached hydrogens (tertiary/aromatic N) is 5. The van der Waals surface area contributed by atoms with Crippen LogP contribution in [0.2, 0.25) is 0 Å². The third kappa shape index (κ3) is 2.34. The van der Waals surface area contributed by atoms with Crippen molar-refractivity contribution in [3.05, 3.63) is 16.7 Å². The van der Waals surface area contributed by atoms with E-state index < -0.39 is 36.7 Å². The smallest absolute Gasteiger partial charge is 0.304 e. The summed E-state index contributed by atoms with van der Waals surface area (Å²) in [4.78, 5) is 20.1. The number of nitrogens with two attached hydrogens (primary N) is 1. The Balaban J connectivity index is 2.14. The van der Waals surface area contributed by atoms with Gasteiger partial charge in [-0.05, 0) is 12.2 Å². The SMILES string of the molecule is Nc1nc2c(ncn2[C@@H]2O[C@H](CO)C(O)C2O)c(=O)n1N=C=S. The summed E-state index contributed by atoms with van der Waals surface area (Å²) < 4.78 is 7.37. The van der Waals surface area contributed by atoms with Gasteiger partial charge in [-0.25, -0.2) is 4.98 Å². The van der Waals surface area contributed by atoms with E-state index in [4.69, 9.17) is 15.6 Å². The minimum Gasteiger partial charge on any atom is -0.394 e. The molecule has 0 spiro atoms. The van der Waals surface area contributed by atoms with Gasteiger partial charge in [-0.3, -0.25) is 9.36 Å². The number of thiocarbonyl (C=S) groups is 1. The second kappa shape index (κ2) is 5.77. The number of aliphatic hydroxyl groups is 3. The van der Waals surface area contributed by atoms with Gasteiger partial charge >= 0.3 is 5.56 Å². The number of fused-ring (bicyclic) bond motifs is 1. The number of anilines is 1. The topological polar surface area (TPSA) is 161 Å². The number of hydrogen-bond donors (Lipinski definition) is 4. The summed E-state index contributed by atoms with van der Waals surface area (Å²) in [6.07, 6.45) is -3.47. The molecular formula is C11H12N6O5S. The molecule has 1 aliphatic rings. The van der Waals surface area contributed by atoms with Crippen molar-refractivity contribution in [1.82, 2.24) is 19.2 Å². The van der Waals surface area contributed by atoms with Crippen LogP contribution < -0.4 is 11.3 Å². The molecule has 2 aromatic heterocycles. The van der Waals surface area contributed by atoms with E-state index in [1.54, 1.807) is 0 Å². The van der Waals surface area contributed by atoms with E-state index in [2.05, 4.69) is 27.3 Å². The lowest BCUT2D eigenvalue weighted by Crippen LogP contribution is -2.33. The Morgan fingerprint density at radius 3 is 2.83 bits per heavy atom. The summed E-state index contributed by atoms with van der Waals surface area (Å²) in [5.41, 5.74) is 4.94. The largest absolute Gasteiger partial charge is 0.394 e. The molecule has 2 unspecified atom stereocenters. The van der Waals surface area contributed by atoms with Gasteiger partial charge in [0.05, 0.1) is 18.1 Å². The van der Waals surface area contributed by atoms with E-state index in [1.807, 2.05) is 5.16 Å². The number of ether oxygens (including phenoxy) is 1. The fourth-order valence-corrected chi connectivity index (χ4v) is 2.49. The summed E-state index contributed by atoms with van der Waals surface area (Å²) in [6.45, 7) is -0.479. The zero-order valence-electron chi connectivity index (χ0n) is 11.5. The standard InChI is InChI=1S/C11H12N6O5S/c12-11-15-8-5(9(21)17(11)14-3-23)13-2-16(8)10-7(20)6(19)4(1-18)22-10/h2,4,6-7,10,18-20H,1H2,(H2,12,15)/t4-,6?,7?,10-/m1/s1. The van der Waals surface area contributed by atoms with E-state index in [9.17, 15) is 15.0 Å². The molecule has 0 aromatic carbocycles. The predicted molar refractivity (Wildman–Crippen MR) is 79.6 cm³/mol. The molecule has 1 saturated heterocycles. The zero-order valence-corrected chi connectivity index (χ0v) is 12.3. The fraction of sp³-hybridized carbons (Fsp3) is 0.455. The molecule has 0 aliphatic carbocycles. The quantitative estimate of drug-likeness (QED) is 0.354. The Kier molecular flexibility index (Phi) is 3.93. The molecule has 1 fully saturated rings. The molecule has 122 valence electrons. The van der Waals surface area contributed by atoms with Crippen LogP contribution in [0.15, 0.2) is 16.2 Å². The average Bonchev–Trinajstić information content (AvgIpc) is 3.06. The van der Waals surface area contributed by atoms with Gasteiger partial charge in [0.1, 0.15) is 18.3 Å². The highest BCUT2D eigenvalue weighted by molar-refractivity contribution is 7.78. The van der Waals surface area contributed by atoms with Gasteiger partial charge in [0.25, 0.3) is 0 Å². The first kappa shape index (κ1) is 15.7. The maximum absolute atomic E-state index is 12.2. The van der Waals surface area contributed by atoms with Gasteiger partial charge in [0.15, 0.2) is 17.4 Å². The summed E-state index contributed by atoms with van der Waals surface area (Å²) in [6, 6.07) is 0. The van der Waals surface area contributed by atoms with Crippen LogP contribution >= 0.6 is 12.2 Å². The number of hydrogen-bond acceptors (Lipinski definition) is 10. The Hall–Kier alpha value is -2.21. The Morgan fingerprint density at radius 2 is 2.22 bits per heavy atom. The lowest BCUT2D eigenvalue weighted by atomic mass is 10.1. The highest BCUT2D eigenvalue weighted by Crippen LogP contribution is 2.30. The third-order valence-electron chi connectivity index (χ3n) is 3.53. The normalized spacial score (nSPS) is 27.3. The van der Waals surface area contributed by atoms with E-state index >= 15 is 0 Å². The predicted octanol–water partition coefficient (Wildman–Crippen LogP) is -2.35. The first-order valence-corrected chi connectivity index (χ1v) is 6.86. The third-order valence-corrected chi connectivity index (χ3v) is 3.61. The van der Waals surface area contributed by atoms with E-state index in [1.165, 1.54) is 10.9 Å². The zero-order chi connectivity index (χ0) is 16.7. The van der Waals surface area contributed by atoms with Gasteiger partial charge in [0.2, 0.25) is 5.95 Å². The van der Waals surface area contributed by atoms with Gasteiger partial charge in [-0.1, -0.05) is 0 Å². The monoisotopic (exact) mass is 340 g/mol. The van der Waals surface area contributed by atoms with Gasteiger partial charge in [-0.2, -0.15) is 9.66 Å². The summed E-state index contributed by atoms with van der Waals surface area (Å²) in [5, 5.41) is 34.5. The van der Waals surface area contributed by atoms with E-state index in [-0.39, 0.29) is 17.1 Å².